The van der Waals surface area contributed by atoms with Crippen LogP contribution in [0.25, 0.3) is 82.6 Å². The number of hydrogen-bond acceptors (Lipinski definition) is 2. The van der Waals surface area contributed by atoms with Gasteiger partial charge in [0.1, 0.15) is 42.6 Å². The topological polar surface area (TPSA) is 16.4 Å². The van der Waals surface area contributed by atoms with Crippen LogP contribution < -0.4 is 26.8 Å². The van der Waals surface area contributed by atoms with Gasteiger partial charge in [0, 0.05) is 33.1 Å². The third kappa shape index (κ3) is 5.24. The van der Waals surface area contributed by atoms with Crippen molar-refractivity contribution >= 4 is 131 Å². The molecule has 0 fully saturated rings. The first kappa shape index (κ1) is 34.6. The van der Waals surface area contributed by atoms with E-state index in [1.165, 1.54) is 32.7 Å². The number of allylic oxidation sites excluding steroid dienone is 1. The Morgan fingerprint density at radius 2 is 1.14 bits per heavy atom. The molecule has 0 N–H and O–H groups in total. The Labute approximate surface area is 342 Å². The lowest BCUT2D eigenvalue weighted by Crippen LogP contribution is -2.46. The zero-order valence-electron chi connectivity index (χ0n) is 31.7. The molecule has 6 heteroatoms. The second kappa shape index (κ2) is 13.5. The van der Waals surface area contributed by atoms with E-state index in [0.29, 0.717) is 38.7 Å². The Balaban J connectivity index is 1.15. The van der Waals surface area contributed by atoms with Gasteiger partial charge in [-0.1, -0.05) is 155 Å². The van der Waals surface area contributed by atoms with Crippen LogP contribution in [0.5, 0.6) is 0 Å². The summed E-state index contributed by atoms with van der Waals surface area (Å²) in [6.07, 6.45) is 6.37. The molecule has 9 aromatic carbocycles. The van der Waals surface area contributed by atoms with Crippen LogP contribution in [0.3, 0.4) is 0 Å². The molecule has 1 aliphatic rings. The van der Waals surface area contributed by atoms with Crippen molar-refractivity contribution in [3.63, 3.8) is 0 Å². The maximum atomic E-state index is 7.26. The number of benzene rings is 9. The molecule has 1 aromatic heterocycles. The smallest absolute Gasteiger partial charge is 0.143 e. The number of furan rings is 1. The molecule has 0 atom stereocenters. The molecule has 0 unspecified atom stereocenters. The van der Waals surface area contributed by atoms with Crippen molar-refractivity contribution in [3.05, 3.63) is 169 Å². The highest BCUT2D eigenvalue weighted by molar-refractivity contribution is 6.63. The van der Waals surface area contributed by atoms with Crippen molar-refractivity contribution in [1.82, 2.24) is 0 Å². The minimum Gasteiger partial charge on any atom is -0.455 e. The number of aryl methyl sites for hydroxylation is 1. The molecule has 2 nitrogen and oxygen atoms in total. The summed E-state index contributed by atoms with van der Waals surface area (Å²) in [6.45, 7) is 0. The van der Waals surface area contributed by atoms with Crippen LogP contribution in [0.15, 0.2) is 162 Å². The molecule has 10 aromatic rings. The Morgan fingerprint density at radius 1 is 0.500 bits per heavy atom. The third-order valence-electron chi connectivity index (χ3n) is 12.0. The zero-order valence-corrected chi connectivity index (χ0v) is 31.7. The predicted molar refractivity (Wildman–Crippen MR) is 251 cm³/mol. The molecule has 8 radical (unpaired) electrons. The van der Waals surface area contributed by atoms with E-state index in [2.05, 4.69) is 126 Å². The van der Waals surface area contributed by atoms with Crippen LogP contribution in [-0.4, -0.2) is 31.4 Å². The quantitative estimate of drug-likeness (QED) is 0.130. The number of nitrogens with zero attached hydrogens (tertiary/aromatic N) is 1. The number of fused-ring (bicyclic) bond motifs is 9. The summed E-state index contributed by atoms with van der Waals surface area (Å²) in [4.78, 5) is 2.14. The summed E-state index contributed by atoms with van der Waals surface area (Å²) in [5.74, 6) is 0. The molecular weight excluding hydrogens is 698 g/mol. The van der Waals surface area contributed by atoms with Gasteiger partial charge in [-0.3, -0.25) is 0 Å². The summed E-state index contributed by atoms with van der Waals surface area (Å²) < 4.78 is 6.43. The summed E-state index contributed by atoms with van der Waals surface area (Å²) in [7, 11) is 28.8. The van der Waals surface area contributed by atoms with Gasteiger partial charge in [0.05, 0.1) is 5.69 Å². The molecule has 0 bridgehead atoms. The molecule has 262 valence electrons. The van der Waals surface area contributed by atoms with Crippen LogP contribution in [0.4, 0.5) is 17.1 Å². The van der Waals surface area contributed by atoms with Crippen LogP contribution >= 0.6 is 0 Å². The van der Waals surface area contributed by atoms with Crippen molar-refractivity contribution in [2.75, 3.05) is 4.90 Å². The average molecular weight is 729 g/mol. The SMILES string of the molecule is [B]c1c([B])c(N(c2ccc(-c3cc4ccccc4c4ccccc34)cc2)c2cc3c(c4ccccc24)C=CCC3)c([B])c([B])c1-c1cccc2c1oc1ccccc12. The van der Waals surface area contributed by atoms with Gasteiger partial charge in [0.15, 0.2) is 0 Å². The van der Waals surface area contributed by atoms with Crippen LogP contribution in [-0.2, 0) is 6.42 Å². The number of rotatable bonds is 5. The lowest BCUT2D eigenvalue weighted by Gasteiger charge is -2.34. The molecule has 0 amide bonds. The van der Waals surface area contributed by atoms with Gasteiger partial charge < -0.3 is 9.32 Å². The van der Waals surface area contributed by atoms with E-state index in [-0.39, 0.29) is 0 Å². The van der Waals surface area contributed by atoms with Gasteiger partial charge in [0.2, 0.25) is 0 Å². The van der Waals surface area contributed by atoms with Gasteiger partial charge in [0.25, 0.3) is 0 Å². The molecule has 0 aliphatic heterocycles. The molecule has 0 saturated carbocycles. The summed E-state index contributed by atoms with van der Waals surface area (Å²) in [5, 5.41) is 9.04. The van der Waals surface area contributed by atoms with Gasteiger partial charge in [-0.25, -0.2) is 0 Å². The van der Waals surface area contributed by atoms with E-state index >= 15 is 0 Å². The second-order valence-corrected chi connectivity index (χ2v) is 15.2. The van der Waals surface area contributed by atoms with Crippen molar-refractivity contribution in [2.24, 2.45) is 0 Å². The fourth-order valence-electron chi connectivity index (χ4n) is 9.23. The first-order valence-corrected chi connectivity index (χ1v) is 19.6. The van der Waals surface area contributed by atoms with Crippen molar-refractivity contribution in [2.45, 2.75) is 12.8 Å². The predicted octanol–water partition coefficient (Wildman–Crippen LogP) is 9.98. The van der Waals surface area contributed by atoms with Crippen molar-refractivity contribution in [1.29, 1.82) is 0 Å². The van der Waals surface area contributed by atoms with Crippen LogP contribution in [0.2, 0.25) is 0 Å². The minimum atomic E-state index is 0.334. The molecule has 0 saturated heterocycles. The highest BCUT2D eigenvalue weighted by Gasteiger charge is 2.26. The van der Waals surface area contributed by atoms with Gasteiger partial charge in [-0.15, -0.1) is 0 Å². The summed E-state index contributed by atoms with van der Waals surface area (Å²) in [5.41, 5.74) is 11.2. The van der Waals surface area contributed by atoms with Crippen molar-refractivity contribution in [3.8, 4) is 22.3 Å². The maximum absolute atomic E-state index is 7.26. The van der Waals surface area contributed by atoms with Gasteiger partial charge >= 0.3 is 0 Å². The highest BCUT2D eigenvalue weighted by Crippen LogP contribution is 2.43. The molecular formula is C52H31B4NO. The Hall–Kier alpha value is -6.64. The highest BCUT2D eigenvalue weighted by atomic mass is 16.3. The van der Waals surface area contributed by atoms with Gasteiger partial charge in [-0.05, 0) is 97.9 Å². The zero-order chi connectivity index (χ0) is 39.1. The van der Waals surface area contributed by atoms with E-state index in [9.17, 15) is 0 Å². The number of anilines is 3. The Morgan fingerprint density at radius 3 is 1.91 bits per heavy atom. The molecule has 11 rings (SSSR count). The lowest BCUT2D eigenvalue weighted by molar-refractivity contribution is 0.670. The van der Waals surface area contributed by atoms with Crippen LogP contribution in [0.1, 0.15) is 17.5 Å². The Kier molecular flexibility index (Phi) is 8.05. The monoisotopic (exact) mass is 729 g/mol. The fourth-order valence-corrected chi connectivity index (χ4v) is 9.23. The van der Waals surface area contributed by atoms with E-state index < -0.39 is 0 Å². The summed E-state index contributed by atoms with van der Waals surface area (Å²) in [6, 6.07) is 52.8. The van der Waals surface area contributed by atoms with E-state index in [4.69, 9.17) is 35.8 Å². The first-order chi connectivity index (χ1) is 28.5. The minimum absolute atomic E-state index is 0.334. The lowest BCUT2D eigenvalue weighted by atomic mass is 9.64. The van der Waals surface area contributed by atoms with Crippen LogP contribution in [0, 0.1) is 0 Å². The largest absolute Gasteiger partial charge is 0.455 e. The Bertz CT molecular complexity index is 3320. The average Bonchev–Trinajstić information content (AvgIpc) is 3.66. The molecule has 1 heterocycles. The standard InChI is InChI=1S/C52H31B4NO/c53-47-46(42-22-11-21-41-40-20-9-10-23-45(40)58-52(41)42)48(54)50(56)51(49(47)55)57(44-29-32-13-2-4-15-35(32)37-17-7-8-19-39(37)44)33-26-24-30(25-27-33)43-28-31-12-1-3-14-34(31)36-16-5-6-18-38(36)43/h1,3-12,14-29H,2,13H2. The first-order valence-electron chi connectivity index (χ1n) is 19.6. The van der Waals surface area contributed by atoms with Gasteiger partial charge in [-0.2, -0.15) is 0 Å². The normalized spacial score (nSPS) is 12.6. The summed E-state index contributed by atoms with van der Waals surface area (Å²) >= 11 is 0. The molecule has 1 aliphatic carbocycles. The molecule has 58 heavy (non-hydrogen) atoms. The van der Waals surface area contributed by atoms with E-state index in [1.807, 2.05) is 42.5 Å². The van der Waals surface area contributed by atoms with E-state index in [0.717, 1.165) is 68.0 Å². The fraction of sp³-hybridized carbons (Fsp3) is 0.0385. The number of hydrogen-bond donors (Lipinski definition) is 0. The third-order valence-corrected chi connectivity index (χ3v) is 12.0. The van der Waals surface area contributed by atoms with Crippen molar-refractivity contribution < 1.29 is 4.42 Å². The van der Waals surface area contributed by atoms with E-state index in [1.54, 1.807) is 0 Å². The second-order valence-electron chi connectivity index (χ2n) is 15.2. The molecule has 0 spiro atoms. The maximum Gasteiger partial charge on any atom is 0.143 e. The number of para-hydroxylation sites is 2.